The van der Waals surface area contributed by atoms with Crippen LogP contribution in [0.25, 0.3) is 0 Å². The van der Waals surface area contributed by atoms with E-state index in [0.717, 1.165) is 0 Å². The Balaban J connectivity index is 1.53. The Morgan fingerprint density at radius 2 is 2.30 bits per heavy atom. The fourth-order valence-electron chi connectivity index (χ4n) is 4.33. The van der Waals surface area contributed by atoms with Crippen LogP contribution in [0.3, 0.4) is 0 Å². The van der Waals surface area contributed by atoms with Crippen LogP contribution in [0, 0.1) is 12.8 Å². The average molecular weight is 394 g/mol. The van der Waals surface area contributed by atoms with E-state index in [0.29, 0.717) is 37.6 Å². The number of aryl methyl sites for hydroxylation is 1. The van der Waals surface area contributed by atoms with Crippen LogP contribution < -0.4 is 5.32 Å². The van der Waals surface area contributed by atoms with Gasteiger partial charge in [0.25, 0.3) is 0 Å². The summed E-state index contributed by atoms with van der Waals surface area (Å²) in [5.41, 5.74) is -0.562. The molecule has 2 aromatic rings. The lowest BCUT2D eigenvalue weighted by Gasteiger charge is -2.24. The van der Waals surface area contributed by atoms with Crippen molar-refractivity contribution in [2.75, 3.05) is 19.3 Å². The van der Waals surface area contributed by atoms with Crippen molar-refractivity contribution in [3.05, 3.63) is 30.2 Å². The highest BCUT2D eigenvalue weighted by Crippen LogP contribution is 2.50. The molecule has 4 rings (SSSR count). The molecule has 3 atom stereocenters. The van der Waals surface area contributed by atoms with Gasteiger partial charge >= 0.3 is 0 Å². The zero-order chi connectivity index (χ0) is 19.2. The van der Waals surface area contributed by atoms with E-state index in [9.17, 15) is 13.2 Å². The number of rotatable bonds is 5. The summed E-state index contributed by atoms with van der Waals surface area (Å²) in [5.74, 6) is 0.865. The van der Waals surface area contributed by atoms with Crippen molar-refractivity contribution < 1.29 is 17.7 Å². The van der Waals surface area contributed by atoms with E-state index in [-0.39, 0.29) is 24.4 Å². The first-order chi connectivity index (χ1) is 12.8. The number of carbonyl (C=O) groups is 1. The normalized spacial score (nSPS) is 28.4. The van der Waals surface area contributed by atoms with Crippen LogP contribution in [-0.2, 0) is 26.8 Å². The lowest BCUT2D eigenvalue weighted by Crippen LogP contribution is -2.40. The van der Waals surface area contributed by atoms with Crippen molar-refractivity contribution in [1.82, 2.24) is 29.5 Å². The number of fused-ring (bicyclic) bond motifs is 1. The second-order valence-electron chi connectivity index (χ2n) is 7.46. The predicted molar refractivity (Wildman–Crippen MR) is 94.0 cm³/mol. The third-order valence-electron chi connectivity index (χ3n) is 5.50. The summed E-state index contributed by atoms with van der Waals surface area (Å²) in [5, 5.41) is 11.0. The number of hydrogen-bond donors (Lipinski definition) is 1. The summed E-state index contributed by atoms with van der Waals surface area (Å²) in [6.45, 7) is 2.58. The minimum atomic E-state index is -3.31. The maximum atomic E-state index is 12.3. The van der Waals surface area contributed by atoms with E-state index in [4.69, 9.17) is 4.52 Å². The molecule has 0 radical (unpaired) electrons. The van der Waals surface area contributed by atoms with E-state index in [1.807, 2.05) is 0 Å². The van der Waals surface area contributed by atoms with Gasteiger partial charge in [-0.15, -0.1) is 0 Å². The van der Waals surface area contributed by atoms with Crippen molar-refractivity contribution in [3.8, 4) is 0 Å². The van der Waals surface area contributed by atoms with Crippen LogP contribution in [0.2, 0.25) is 0 Å². The highest BCUT2D eigenvalue weighted by molar-refractivity contribution is 7.88. The molecule has 1 aliphatic carbocycles. The minimum Gasteiger partial charge on any atom is -0.352 e. The van der Waals surface area contributed by atoms with Crippen LogP contribution in [0.4, 0.5) is 0 Å². The van der Waals surface area contributed by atoms with Gasteiger partial charge in [0, 0.05) is 31.5 Å². The van der Waals surface area contributed by atoms with Crippen molar-refractivity contribution in [1.29, 1.82) is 0 Å². The standard InChI is InChI=1S/C16H22N6O4S/c1-11-18-15(26-20-11)16-7-13(19-14(23)9-21-5-3-4-17-21)6-12(16)8-22(10-16)27(2,24)25/h3-5,12-13H,6-10H2,1-2H3,(H,19,23)/t12?,13-,16+/m1/s1. The smallest absolute Gasteiger partial charge is 0.241 e. The molecule has 1 N–H and O–H groups in total. The fraction of sp³-hybridized carbons (Fsp3) is 0.625. The predicted octanol–water partition coefficient (Wildman–Crippen LogP) is -0.317. The zero-order valence-electron chi connectivity index (χ0n) is 15.2. The lowest BCUT2D eigenvalue weighted by atomic mass is 9.80. The second kappa shape index (κ2) is 6.41. The van der Waals surface area contributed by atoms with Crippen molar-refractivity contribution in [2.45, 2.75) is 37.8 Å². The molecule has 2 fully saturated rings. The molecule has 1 amide bonds. The van der Waals surface area contributed by atoms with Gasteiger partial charge in [-0.3, -0.25) is 9.48 Å². The monoisotopic (exact) mass is 394 g/mol. The van der Waals surface area contributed by atoms with Crippen molar-refractivity contribution in [2.24, 2.45) is 5.92 Å². The third kappa shape index (κ3) is 3.36. The molecule has 146 valence electrons. The number of nitrogens with zero attached hydrogens (tertiary/aromatic N) is 5. The summed E-state index contributed by atoms with van der Waals surface area (Å²) >= 11 is 0. The highest BCUT2D eigenvalue weighted by atomic mass is 32.2. The maximum Gasteiger partial charge on any atom is 0.241 e. The molecule has 0 spiro atoms. The summed E-state index contributed by atoms with van der Waals surface area (Å²) in [6, 6.07) is 1.69. The zero-order valence-corrected chi connectivity index (χ0v) is 16.0. The highest BCUT2D eigenvalue weighted by Gasteiger charge is 2.58. The molecule has 10 nitrogen and oxygen atoms in total. The number of amides is 1. The largest absolute Gasteiger partial charge is 0.352 e. The van der Waals surface area contributed by atoms with Crippen molar-refractivity contribution >= 4 is 15.9 Å². The van der Waals surface area contributed by atoms with Crippen LogP contribution >= 0.6 is 0 Å². The van der Waals surface area contributed by atoms with Gasteiger partial charge in [0.1, 0.15) is 6.54 Å². The number of sulfonamides is 1. The number of nitrogens with one attached hydrogen (secondary N) is 1. The van der Waals surface area contributed by atoms with Crippen LogP contribution in [-0.4, -0.2) is 63.9 Å². The Bertz CT molecular complexity index is 940. The molecule has 3 heterocycles. The number of aromatic nitrogens is 4. The molecule has 27 heavy (non-hydrogen) atoms. The number of carbonyl (C=O) groups excluding carboxylic acids is 1. The van der Waals surface area contributed by atoms with E-state index in [2.05, 4.69) is 20.6 Å². The van der Waals surface area contributed by atoms with Crippen molar-refractivity contribution in [3.63, 3.8) is 0 Å². The average Bonchev–Trinajstić information content (AvgIpc) is 3.29. The fourth-order valence-corrected chi connectivity index (χ4v) is 5.25. The van der Waals surface area contributed by atoms with Crippen LogP contribution in [0.1, 0.15) is 24.6 Å². The Kier molecular flexibility index (Phi) is 4.30. The molecule has 0 bridgehead atoms. The first kappa shape index (κ1) is 18.1. The summed E-state index contributed by atoms with van der Waals surface area (Å²) in [7, 11) is -3.31. The van der Waals surface area contributed by atoms with Crippen LogP contribution in [0.15, 0.2) is 23.0 Å². The van der Waals surface area contributed by atoms with Gasteiger partial charge in [-0.2, -0.15) is 10.1 Å². The molecule has 2 aromatic heterocycles. The maximum absolute atomic E-state index is 12.3. The van der Waals surface area contributed by atoms with Gasteiger partial charge in [0.05, 0.1) is 11.7 Å². The summed E-state index contributed by atoms with van der Waals surface area (Å²) in [4.78, 5) is 16.7. The lowest BCUT2D eigenvalue weighted by molar-refractivity contribution is -0.122. The van der Waals surface area contributed by atoms with Crippen LogP contribution in [0.5, 0.6) is 0 Å². The quantitative estimate of drug-likeness (QED) is 0.737. The molecule has 1 aliphatic heterocycles. The molecule has 0 aromatic carbocycles. The SMILES string of the molecule is Cc1noc([C@]23C[C@H](NC(=O)Cn4cccn4)CC2CN(S(C)(=O)=O)C3)n1. The van der Waals surface area contributed by atoms with Gasteiger partial charge < -0.3 is 9.84 Å². The Hall–Kier alpha value is -2.27. The Morgan fingerprint density at radius 3 is 2.93 bits per heavy atom. The van der Waals surface area contributed by atoms with E-state index >= 15 is 0 Å². The molecule has 11 heteroatoms. The van der Waals surface area contributed by atoms with E-state index < -0.39 is 15.4 Å². The molecule has 1 saturated heterocycles. The van der Waals surface area contributed by atoms with Gasteiger partial charge in [0.15, 0.2) is 5.82 Å². The van der Waals surface area contributed by atoms with Gasteiger partial charge in [-0.25, -0.2) is 12.7 Å². The first-order valence-corrected chi connectivity index (χ1v) is 10.6. The number of hydrogen-bond acceptors (Lipinski definition) is 7. The topological polar surface area (TPSA) is 123 Å². The first-order valence-electron chi connectivity index (χ1n) is 8.79. The Morgan fingerprint density at radius 1 is 1.48 bits per heavy atom. The molecule has 1 saturated carbocycles. The molecule has 2 aliphatic rings. The Labute approximate surface area is 157 Å². The summed E-state index contributed by atoms with van der Waals surface area (Å²) in [6.07, 6.45) is 5.80. The van der Waals surface area contributed by atoms with Gasteiger partial charge in [-0.1, -0.05) is 5.16 Å². The second-order valence-corrected chi connectivity index (χ2v) is 9.45. The van der Waals surface area contributed by atoms with Gasteiger partial charge in [0.2, 0.25) is 21.8 Å². The molecule has 1 unspecified atom stereocenters. The van der Waals surface area contributed by atoms with E-state index in [1.54, 1.807) is 30.1 Å². The third-order valence-corrected chi connectivity index (χ3v) is 6.71. The van der Waals surface area contributed by atoms with Gasteiger partial charge in [-0.05, 0) is 31.7 Å². The van der Waals surface area contributed by atoms with E-state index in [1.165, 1.54) is 10.6 Å². The molecular weight excluding hydrogens is 372 g/mol. The molecular formula is C16H22N6O4S. The summed E-state index contributed by atoms with van der Waals surface area (Å²) < 4.78 is 32.6. The minimum absolute atomic E-state index is 0.0158.